The van der Waals surface area contributed by atoms with Gasteiger partial charge in [-0.3, -0.25) is 34.2 Å². The van der Waals surface area contributed by atoms with Gasteiger partial charge in [0.15, 0.2) is 0 Å². The van der Waals surface area contributed by atoms with Crippen molar-refractivity contribution in [1.82, 2.24) is 15.1 Å². The molecule has 4 heterocycles. The number of nitrogens with one attached hydrogen (secondary N) is 1. The van der Waals surface area contributed by atoms with Crippen molar-refractivity contribution in [2.24, 2.45) is 5.41 Å². The van der Waals surface area contributed by atoms with Crippen molar-refractivity contribution < 1.29 is 29.1 Å². The van der Waals surface area contributed by atoms with E-state index in [0.29, 0.717) is 6.54 Å². The summed E-state index contributed by atoms with van der Waals surface area (Å²) in [6, 6.07) is 4.18. The monoisotopic (exact) mass is 426 g/mol. The van der Waals surface area contributed by atoms with Crippen molar-refractivity contribution in [1.29, 1.82) is 0 Å². The number of fused-ring (bicyclic) bond motifs is 1. The lowest BCUT2D eigenvalue weighted by molar-refractivity contribution is -0.138. The number of benzene rings is 1. The highest BCUT2D eigenvalue weighted by Gasteiger charge is 2.52. The van der Waals surface area contributed by atoms with E-state index in [0.717, 1.165) is 36.8 Å². The molecule has 0 aromatic heterocycles. The summed E-state index contributed by atoms with van der Waals surface area (Å²) in [7, 11) is 0. The molecule has 3 fully saturated rings. The van der Waals surface area contributed by atoms with Crippen LogP contribution in [0.25, 0.3) is 0 Å². The van der Waals surface area contributed by atoms with Gasteiger partial charge in [0.25, 0.3) is 11.8 Å². The highest BCUT2D eigenvalue weighted by atomic mass is 16.4. The molecule has 0 radical (unpaired) electrons. The number of hydrogen-bond acceptors (Lipinski definition) is 7. The molecule has 4 amide bonds. The van der Waals surface area contributed by atoms with E-state index < -0.39 is 35.6 Å². The second-order valence-electron chi connectivity index (χ2n) is 8.89. The Hall–Kier alpha value is -3.27. The topological polar surface area (TPSA) is 127 Å². The molecule has 4 aliphatic rings. The molecule has 10 nitrogen and oxygen atoms in total. The van der Waals surface area contributed by atoms with Crippen LogP contribution in [0.4, 0.5) is 5.69 Å². The van der Waals surface area contributed by atoms with Gasteiger partial charge < -0.3 is 14.9 Å². The fraction of sp³-hybridized carbons (Fsp3) is 0.476. The third-order valence-corrected chi connectivity index (χ3v) is 6.60. The van der Waals surface area contributed by atoms with Gasteiger partial charge in [-0.25, -0.2) is 0 Å². The minimum atomic E-state index is -0.965. The van der Waals surface area contributed by atoms with Crippen molar-refractivity contribution in [3.63, 3.8) is 0 Å². The number of carboxylic acids is 1. The Bertz CT molecular complexity index is 1020. The van der Waals surface area contributed by atoms with Crippen LogP contribution in [0.3, 0.4) is 0 Å². The van der Waals surface area contributed by atoms with E-state index in [2.05, 4.69) is 15.1 Å². The number of rotatable bonds is 5. The van der Waals surface area contributed by atoms with E-state index in [9.17, 15) is 24.0 Å². The molecule has 2 N–H and O–H groups in total. The molecule has 31 heavy (non-hydrogen) atoms. The molecular weight excluding hydrogens is 404 g/mol. The Labute approximate surface area is 177 Å². The van der Waals surface area contributed by atoms with E-state index in [4.69, 9.17) is 5.11 Å². The van der Waals surface area contributed by atoms with Gasteiger partial charge >= 0.3 is 5.97 Å². The molecule has 1 atom stereocenters. The summed E-state index contributed by atoms with van der Waals surface area (Å²) in [4.78, 5) is 65.2. The quantitative estimate of drug-likeness (QED) is 0.614. The molecule has 1 spiro atoms. The van der Waals surface area contributed by atoms with Gasteiger partial charge in [-0.05, 0) is 24.6 Å². The molecule has 1 aromatic carbocycles. The third-order valence-electron chi connectivity index (χ3n) is 6.60. The number of nitrogens with zero attached hydrogens (tertiary/aromatic N) is 3. The van der Waals surface area contributed by atoms with Crippen LogP contribution in [-0.4, -0.2) is 83.3 Å². The van der Waals surface area contributed by atoms with Crippen LogP contribution in [0.5, 0.6) is 0 Å². The second-order valence-corrected chi connectivity index (χ2v) is 8.89. The fourth-order valence-corrected chi connectivity index (χ4v) is 5.12. The first-order chi connectivity index (χ1) is 14.8. The fourth-order valence-electron chi connectivity index (χ4n) is 5.12. The van der Waals surface area contributed by atoms with Crippen LogP contribution in [0.15, 0.2) is 18.2 Å². The average Bonchev–Trinajstić information content (AvgIpc) is 2.90. The first kappa shape index (κ1) is 19.7. The van der Waals surface area contributed by atoms with Crippen molar-refractivity contribution in [2.75, 3.05) is 37.6 Å². The van der Waals surface area contributed by atoms with Crippen molar-refractivity contribution >= 4 is 35.3 Å². The second kappa shape index (κ2) is 6.88. The molecule has 3 saturated heterocycles. The molecule has 0 bridgehead atoms. The van der Waals surface area contributed by atoms with Gasteiger partial charge in [-0.2, -0.15) is 0 Å². The summed E-state index contributed by atoms with van der Waals surface area (Å²) in [5.41, 5.74) is 1.57. The van der Waals surface area contributed by atoms with Crippen LogP contribution in [0.2, 0.25) is 0 Å². The summed E-state index contributed by atoms with van der Waals surface area (Å²) >= 11 is 0. The highest BCUT2D eigenvalue weighted by molar-refractivity contribution is 6.23. The van der Waals surface area contributed by atoms with Gasteiger partial charge in [0, 0.05) is 50.2 Å². The van der Waals surface area contributed by atoms with Crippen LogP contribution < -0.4 is 10.2 Å². The molecule has 10 heteroatoms. The summed E-state index contributed by atoms with van der Waals surface area (Å²) in [5, 5.41) is 11.0. The molecule has 1 aromatic rings. The number of anilines is 1. The van der Waals surface area contributed by atoms with E-state index in [1.54, 1.807) is 12.1 Å². The Morgan fingerprint density at radius 3 is 2.45 bits per heavy atom. The van der Waals surface area contributed by atoms with E-state index in [-0.39, 0.29) is 35.8 Å². The van der Waals surface area contributed by atoms with Crippen LogP contribution in [-0.2, 0) is 14.4 Å². The SMILES string of the molecule is O=C(O)CCN1CC2(C1)CN(c1ccc3c(c1)C(=O)N(C1CCC(=O)NC1=O)C3=O)C2. The van der Waals surface area contributed by atoms with E-state index in [1.807, 2.05) is 6.07 Å². The Balaban J connectivity index is 1.25. The predicted molar refractivity (Wildman–Crippen MR) is 106 cm³/mol. The smallest absolute Gasteiger partial charge is 0.304 e. The number of imide groups is 2. The molecular formula is C21H22N4O6. The van der Waals surface area contributed by atoms with Crippen LogP contribution in [0, 0.1) is 5.41 Å². The number of likely N-dealkylation sites (tertiary alicyclic amines) is 1. The van der Waals surface area contributed by atoms with Crippen LogP contribution in [0.1, 0.15) is 40.0 Å². The zero-order chi connectivity index (χ0) is 21.9. The zero-order valence-electron chi connectivity index (χ0n) is 16.8. The number of carbonyl (C=O) groups excluding carboxylic acids is 4. The maximum absolute atomic E-state index is 12.9. The number of hydrogen-bond donors (Lipinski definition) is 2. The maximum atomic E-state index is 12.9. The Morgan fingerprint density at radius 2 is 1.77 bits per heavy atom. The van der Waals surface area contributed by atoms with Crippen LogP contribution >= 0.6 is 0 Å². The van der Waals surface area contributed by atoms with Crippen molar-refractivity contribution in [3.05, 3.63) is 29.3 Å². The first-order valence-electron chi connectivity index (χ1n) is 10.3. The number of carbonyl (C=O) groups is 5. The lowest BCUT2D eigenvalue weighted by atomic mass is 9.72. The summed E-state index contributed by atoms with van der Waals surface area (Å²) in [6.07, 6.45) is 0.370. The molecule has 4 aliphatic heterocycles. The van der Waals surface area contributed by atoms with Gasteiger partial charge in [0.05, 0.1) is 17.5 Å². The predicted octanol–water partition coefficient (Wildman–Crippen LogP) is -0.315. The largest absolute Gasteiger partial charge is 0.481 e. The summed E-state index contributed by atoms with van der Waals surface area (Å²) in [6.45, 7) is 3.91. The molecule has 0 aliphatic carbocycles. The molecule has 0 saturated carbocycles. The van der Waals surface area contributed by atoms with Crippen molar-refractivity contribution in [3.8, 4) is 0 Å². The molecule has 162 valence electrons. The molecule has 5 rings (SSSR count). The average molecular weight is 426 g/mol. The lowest BCUT2D eigenvalue weighted by Gasteiger charge is -2.61. The number of amides is 4. The zero-order valence-corrected chi connectivity index (χ0v) is 16.8. The standard InChI is InChI=1S/C21H22N4O6/c26-16-4-3-15(18(29)22-16)25-19(30)13-2-1-12(7-14(13)20(25)31)24-10-21(11-24)8-23(9-21)6-5-17(27)28/h1-2,7,15H,3-6,8-11H2,(H,27,28)(H,22,26,29). The normalized spacial score (nSPS) is 24.7. The first-order valence-corrected chi connectivity index (χ1v) is 10.3. The molecule has 1 unspecified atom stereocenters. The van der Waals surface area contributed by atoms with E-state index >= 15 is 0 Å². The van der Waals surface area contributed by atoms with Gasteiger partial charge in [0.2, 0.25) is 11.8 Å². The van der Waals surface area contributed by atoms with Gasteiger partial charge in [0.1, 0.15) is 6.04 Å². The minimum Gasteiger partial charge on any atom is -0.481 e. The highest BCUT2D eigenvalue weighted by Crippen LogP contribution is 2.42. The van der Waals surface area contributed by atoms with Gasteiger partial charge in [-0.1, -0.05) is 0 Å². The lowest BCUT2D eigenvalue weighted by Crippen LogP contribution is -2.72. The maximum Gasteiger partial charge on any atom is 0.304 e. The number of carboxylic acid groups (broad SMARTS) is 1. The minimum absolute atomic E-state index is 0.0917. The van der Waals surface area contributed by atoms with Gasteiger partial charge in [-0.15, -0.1) is 0 Å². The van der Waals surface area contributed by atoms with E-state index in [1.165, 1.54) is 0 Å². The summed E-state index contributed by atoms with van der Waals surface area (Å²) < 4.78 is 0. The summed E-state index contributed by atoms with van der Waals surface area (Å²) in [5.74, 6) is -2.82. The van der Waals surface area contributed by atoms with Crippen molar-refractivity contribution in [2.45, 2.75) is 25.3 Å². The Morgan fingerprint density at radius 1 is 1.06 bits per heavy atom. The number of aliphatic carboxylic acids is 1. The Kier molecular flexibility index (Phi) is 4.37. The third kappa shape index (κ3) is 3.18. The number of piperidine rings is 1.